The highest BCUT2D eigenvalue weighted by molar-refractivity contribution is 6.18. The molecule has 0 unspecified atom stereocenters. The van der Waals surface area contributed by atoms with Crippen LogP contribution in [0.2, 0.25) is 0 Å². The third-order valence-electron chi connectivity index (χ3n) is 20.9. The van der Waals surface area contributed by atoms with E-state index in [1.54, 1.807) is 6.07 Å². The Morgan fingerprint density at radius 1 is 0.230 bits per heavy atom. The fraction of sp³-hybridized carbons (Fsp3) is 0. The molecule has 7 aromatic heterocycles. The van der Waals surface area contributed by atoms with Crippen molar-refractivity contribution in [2.75, 3.05) is 0 Å². The molecule has 0 N–H and O–H groups in total. The smallest absolute Gasteiger partial charge is 0.165 e. The minimum absolute atomic E-state index is 0.261. The lowest BCUT2D eigenvalue weighted by Crippen LogP contribution is -2.14. The third kappa shape index (κ3) is 7.71. The zero-order valence-corrected chi connectivity index (χ0v) is 53.6. The van der Waals surface area contributed by atoms with Gasteiger partial charge in [0, 0.05) is 98.4 Å². The summed E-state index contributed by atoms with van der Waals surface area (Å²) in [6.45, 7) is 0. The van der Waals surface area contributed by atoms with Crippen LogP contribution in [0, 0.1) is 22.7 Å². The summed E-state index contributed by atoms with van der Waals surface area (Å²) in [5.41, 5.74) is 19.7. The van der Waals surface area contributed by atoms with E-state index in [0.717, 1.165) is 138 Å². The van der Waals surface area contributed by atoms with E-state index in [0.29, 0.717) is 17.2 Å². The Hall–Kier alpha value is -14.0. The quantitative estimate of drug-likeness (QED) is 0.152. The van der Waals surface area contributed by atoms with Crippen molar-refractivity contribution in [3.63, 3.8) is 0 Å². The summed E-state index contributed by atoms with van der Waals surface area (Å²) >= 11 is 0. The average molecular weight is 1270 g/mol. The normalized spacial score (nSPS) is 12.0. The Balaban J connectivity index is 0.949. The van der Waals surface area contributed by atoms with Crippen LogP contribution in [-0.4, -0.2) is 32.4 Å². The van der Waals surface area contributed by atoms with Crippen molar-refractivity contribution >= 4 is 131 Å². The summed E-state index contributed by atoms with van der Waals surface area (Å²) in [6.07, 6.45) is 0. The van der Waals surface area contributed by atoms with Crippen LogP contribution >= 0.6 is 0 Å². The first-order valence-corrected chi connectivity index (χ1v) is 33.7. The predicted octanol–water partition coefficient (Wildman–Crippen LogP) is 22.7. The van der Waals surface area contributed by atoms with Gasteiger partial charge in [-0.15, -0.1) is 0 Å². The molecule has 0 saturated heterocycles. The first-order valence-electron chi connectivity index (χ1n) is 33.7. The molecular formula is C91H53N9. The zero-order chi connectivity index (χ0) is 65.8. The standard InChI is InChI=1S/C91H53N9/c92-54-57-25-22-35-70(74(57)55-93)88-87(56-23-2-1-3-24-56)90(99-82-43-20-11-33-68(82)72-52-59(46-49-85(72)99)96-77-38-15-6-28-63(77)64-29-7-16-39-78(64)96)94-91(100-83-44-21-12-34-69(83)73-53-60(47-50-86(73)100)97-79-40-17-8-30-65(79)66-31-9-18-41-80(66)97)89(88)98-81-42-19-10-32-67(81)71-51-58(45-48-84(71)98)95-75-36-13-4-26-61(75)62-27-5-14-37-76(62)95/h1-53H. The molecule has 0 radical (unpaired) electrons. The third-order valence-corrected chi connectivity index (χ3v) is 20.9. The summed E-state index contributed by atoms with van der Waals surface area (Å²) in [4.78, 5) is 6.47. The molecule has 0 atom stereocenters. The lowest BCUT2D eigenvalue weighted by atomic mass is 9.89. The molecule has 0 spiro atoms. The van der Waals surface area contributed by atoms with Crippen molar-refractivity contribution < 1.29 is 0 Å². The molecule has 462 valence electrons. The van der Waals surface area contributed by atoms with Crippen molar-refractivity contribution in [2.45, 2.75) is 0 Å². The minimum Gasteiger partial charge on any atom is -0.309 e. The van der Waals surface area contributed by atoms with Gasteiger partial charge in [-0.2, -0.15) is 10.5 Å². The molecule has 100 heavy (non-hydrogen) atoms. The number of hydrogen-bond acceptors (Lipinski definition) is 3. The van der Waals surface area contributed by atoms with Gasteiger partial charge in [0.05, 0.1) is 83.0 Å². The highest BCUT2D eigenvalue weighted by atomic mass is 15.2. The molecule has 0 aliphatic carbocycles. The van der Waals surface area contributed by atoms with Gasteiger partial charge in [-0.05, 0) is 121 Å². The monoisotopic (exact) mass is 1270 g/mol. The van der Waals surface area contributed by atoms with Crippen LogP contribution in [0.5, 0.6) is 0 Å². The van der Waals surface area contributed by atoms with E-state index in [-0.39, 0.29) is 11.1 Å². The summed E-state index contributed by atoms with van der Waals surface area (Å²) in [5, 5.41) is 36.5. The molecule has 21 aromatic rings. The molecule has 0 saturated carbocycles. The number of para-hydroxylation sites is 9. The second-order valence-corrected chi connectivity index (χ2v) is 25.9. The number of rotatable bonds is 8. The molecule has 0 aliphatic rings. The van der Waals surface area contributed by atoms with Gasteiger partial charge in [-0.25, -0.2) is 4.98 Å². The molecule has 21 rings (SSSR count). The second kappa shape index (κ2) is 21.3. The van der Waals surface area contributed by atoms with E-state index in [2.05, 4.69) is 337 Å². The van der Waals surface area contributed by atoms with Gasteiger partial charge < -0.3 is 18.3 Å². The van der Waals surface area contributed by atoms with Gasteiger partial charge >= 0.3 is 0 Å². The molecule has 14 aromatic carbocycles. The molecule has 0 fully saturated rings. The first kappa shape index (κ1) is 55.3. The van der Waals surface area contributed by atoms with E-state index in [1.165, 1.54) is 32.3 Å². The lowest BCUT2D eigenvalue weighted by Gasteiger charge is -2.26. The van der Waals surface area contributed by atoms with Gasteiger partial charge in [0.2, 0.25) is 0 Å². The van der Waals surface area contributed by atoms with Crippen molar-refractivity contribution in [1.82, 2.24) is 32.4 Å². The fourth-order valence-electron chi connectivity index (χ4n) is 16.8. The number of aromatic nitrogens is 7. The van der Waals surface area contributed by atoms with Crippen molar-refractivity contribution in [3.8, 4) is 68.8 Å². The van der Waals surface area contributed by atoms with Gasteiger partial charge in [0.25, 0.3) is 0 Å². The van der Waals surface area contributed by atoms with E-state index in [9.17, 15) is 10.5 Å². The number of benzene rings is 14. The Kier molecular flexibility index (Phi) is 11.8. The van der Waals surface area contributed by atoms with E-state index in [1.807, 2.05) is 18.2 Å². The van der Waals surface area contributed by atoms with Crippen LogP contribution < -0.4 is 0 Å². The van der Waals surface area contributed by atoms with Crippen LogP contribution in [0.25, 0.3) is 187 Å². The van der Waals surface area contributed by atoms with Gasteiger partial charge in [-0.1, -0.05) is 206 Å². The van der Waals surface area contributed by atoms with E-state index >= 15 is 0 Å². The number of pyridine rings is 1. The molecule has 7 heterocycles. The summed E-state index contributed by atoms with van der Waals surface area (Å²) in [5.74, 6) is 1.26. The number of fused-ring (bicyclic) bond motifs is 18. The maximum absolute atomic E-state index is 11.9. The number of nitrogens with zero attached hydrogens (tertiary/aromatic N) is 9. The molecule has 0 amide bonds. The van der Waals surface area contributed by atoms with Crippen LogP contribution in [0.3, 0.4) is 0 Å². The largest absolute Gasteiger partial charge is 0.309 e. The van der Waals surface area contributed by atoms with Crippen molar-refractivity contribution in [3.05, 3.63) is 333 Å². The number of nitriles is 2. The highest BCUT2D eigenvalue weighted by Crippen LogP contribution is 2.51. The SMILES string of the molecule is N#Cc1cccc(-c2c(-c3ccccc3)c(-n3c4ccccc4c4cc(-n5c6ccccc6c6ccccc65)ccc43)nc(-n3c4ccccc4c4cc(-n5c6ccccc6c6ccccc65)ccc43)c2-n2c3ccccc3c3cc(-n4c5ccccc5c5ccccc54)ccc32)c1C#N. The number of hydrogen-bond donors (Lipinski definition) is 0. The van der Waals surface area contributed by atoms with Crippen LogP contribution in [0.1, 0.15) is 11.1 Å². The molecular weight excluding hydrogens is 1220 g/mol. The molecule has 0 aliphatic heterocycles. The Morgan fingerprint density at radius 2 is 0.530 bits per heavy atom. The average Bonchev–Trinajstić information content (AvgIpc) is 1.39. The molecule has 0 bridgehead atoms. The van der Waals surface area contributed by atoms with Gasteiger partial charge in [0.1, 0.15) is 18.0 Å². The summed E-state index contributed by atoms with van der Waals surface area (Å²) < 4.78 is 14.2. The Labute approximate surface area is 571 Å². The van der Waals surface area contributed by atoms with Crippen LogP contribution in [0.4, 0.5) is 0 Å². The Morgan fingerprint density at radius 3 is 0.890 bits per heavy atom. The first-order chi connectivity index (χ1) is 49.6. The zero-order valence-electron chi connectivity index (χ0n) is 53.6. The lowest BCUT2D eigenvalue weighted by molar-refractivity contribution is 0.986. The highest BCUT2D eigenvalue weighted by Gasteiger charge is 2.33. The fourth-order valence-corrected chi connectivity index (χ4v) is 16.8. The van der Waals surface area contributed by atoms with Crippen molar-refractivity contribution in [2.24, 2.45) is 0 Å². The van der Waals surface area contributed by atoms with Gasteiger partial charge in [-0.3, -0.25) is 9.13 Å². The van der Waals surface area contributed by atoms with Gasteiger partial charge in [0.15, 0.2) is 5.82 Å². The summed E-state index contributed by atoms with van der Waals surface area (Å²) in [7, 11) is 0. The summed E-state index contributed by atoms with van der Waals surface area (Å²) in [6, 6.07) is 120. The maximum Gasteiger partial charge on any atom is 0.165 e. The van der Waals surface area contributed by atoms with E-state index < -0.39 is 0 Å². The van der Waals surface area contributed by atoms with Crippen LogP contribution in [-0.2, 0) is 0 Å². The second-order valence-electron chi connectivity index (χ2n) is 25.9. The Bertz CT molecular complexity index is 7030. The topological polar surface area (TPSA) is 90.0 Å². The van der Waals surface area contributed by atoms with E-state index in [4.69, 9.17) is 4.98 Å². The minimum atomic E-state index is 0.261. The van der Waals surface area contributed by atoms with Crippen molar-refractivity contribution in [1.29, 1.82) is 10.5 Å². The van der Waals surface area contributed by atoms with Crippen LogP contribution in [0.15, 0.2) is 322 Å². The molecule has 9 heteroatoms. The predicted molar refractivity (Wildman–Crippen MR) is 411 cm³/mol. The maximum atomic E-state index is 11.9. The molecule has 9 nitrogen and oxygen atoms in total.